The van der Waals surface area contributed by atoms with E-state index in [1.807, 2.05) is 4.90 Å². The van der Waals surface area contributed by atoms with Gasteiger partial charge in [0.15, 0.2) is 0 Å². The van der Waals surface area contributed by atoms with Crippen LogP contribution < -0.4 is 9.47 Å². The Morgan fingerprint density at radius 1 is 1.04 bits per heavy atom. The Balaban J connectivity index is 1.32. The maximum Gasteiger partial charge on any atom is 0.254 e. The minimum absolute atomic E-state index is 0.0110. The van der Waals surface area contributed by atoms with E-state index in [-0.39, 0.29) is 18.1 Å². The van der Waals surface area contributed by atoms with Crippen LogP contribution >= 0.6 is 0 Å². The molecule has 142 valence electrons. The van der Waals surface area contributed by atoms with Crippen molar-refractivity contribution in [3.63, 3.8) is 0 Å². The number of likely N-dealkylation sites (tertiary alicyclic amines) is 1. The highest BCUT2D eigenvalue weighted by atomic mass is 16.5. The third-order valence-electron chi connectivity index (χ3n) is 4.71. The van der Waals surface area contributed by atoms with Crippen LogP contribution in [0.1, 0.15) is 29.6 Å². The molecule has 2 aliphatic heterocycles. The van der Waals surface area contributed by atoms with Crippen molar-refractivity contribution < 1.29 is 19.0 Å². The van der Waals surface area contributed by atoms with Gasteiger partial charge in [-0.3, -0.25) is 9.78 Å². The molecule has 0 saturated carbocycles. The fraction of sp³-hybridized carbons (Fsp3) is 0.474. The number of amides is 1. The van der Waals surface area contributed by atoms with Crippen molar-refractivity contribution in [2.75, 3.05) is 26.3 Å². The summed E-state index contributed by atoms with van der Waals surface area (Å²) in [5.41, 5.74) is 0.590. The summed E-state index contributed by atoms with van der Waals surface area (Å²) in [4.78, 5) is 27.0. The van der Waals surface area contributed by atoms with Crippen LogP contribution in [-0.4, -0.2) is 64.3 Å². The van der Waals surface area contributed by atoms with Gasteiger partial charge in [-0.1, -0.05) is 0 Å². The van der Waals surface area contributed by atoms with E-state index in [4.69, 9.17) is 14.2 Å². The Morgan fingerprint density at radius 3 is 2.59 bits per heavy atom. The number of carbonyl (C=O) groups excluding carboxylic acids is 1. The molecule has 27 heavy (non-hydrogen) atoms. The zero-order valence-corrected chi connectivity index (χ0v) is 15.0. The molecule has 1 unspecified atom stereocenters. The molecule has 0 radical (unpaired) electrons. The standard InChI is InChI=1S/C19H22N4O4/c24-19(14-1-5-21-17(11-14)27-16-4-10-25-13-16)23-8-2-15(3-9-23)26-18-12-20-6-7-22-18/h1,5-7,11-12,15-16H,2-4,8-10,13H2. The molecule has 0 aromatic carbocycles. The molecule has 8 nitrogen and oxygen atoms in total. The van der Waals surface area contributed by atoms with Crippen LogP contribution in [0.2, 0.25) is 0 Å². The molecular weight excluding hydrogens is 348 g/mol. The van der Waals surface area contributed by atoms with Gasteiger partial charge in [0, 0.05) is 62.6 Å². The first-order valence-electron chi connectivity index (χ1n) is 9.20. The third-order valence-corrected chi connectivity index (χ3v) is 4.71. The van der Waals surface area contributed by atoms with Crippen LogP contribution in [0.3, 0.4) is 0 Å². The van der Waals surface area contributed by atoms with Crippen LogP contribution in [0, 0.1) is 0 Å². The Morgan fingerprint density at radius 2 is 1.85 bits per heavy atom. The van der Waals surface area contributed by atoms with Gasteiger partial charge < -0.3 is 19.1 Å². The number of hydrogen-bond acceptors (Lipinski definition) is 7. The molecule has 2 aliphatic rings. The van der Waals surface area contributed by atoms with Crippen LogP contribution in [-0.2, 0) is 4.74 Å². The fourth-order valence-corrected chi connectivity index (χ4v) is 3.26. The molecular formula is C19H22N4O4. The predicted molar refractivity (Wildman–Crippen MR) is 95.7 cm³/mol. The summed E-state index contributed by atoms with van der Waals surface area (Å²) in [5, 5.41) is 0. The second kappa shape index (κ2) is 8.30. The summed E-state index contributed by atoms with van der Waals surface area (Å²) in [6.45, 7) is 2.55. The molecule has 8 heteroatoms. The van der Waals surface area contributed by atoms with E-state index in [0.717, 1.165) is 19.3 Å². The monoisotopic (exact) mass is 370 g/mol. The highest BCUT2D eigenvalue weighted by molar-refractivity contribution is 5.94. The van der Waals surface area contributed by atoms with Gasteiger partial charge in [0.1, 0.15) is 12.2 Å². The summed E-state index contributed by atoms with van der Waals surface area (Å²) >= 11 is 0. The van der Waals surface area contributed by atoms with Gasteiger partial charge in [-0.25, -0.2) is 9.97 Å². The van der Waals surface area contributed by atoms with Crippen LogP contribution in [0.25, 0.3) is 0 Å². The quantitative estimate of drug-likeness (QED) is 0.792. The van der Waals surface area contributed by atoms with E-state index in [2.05, 4.69) is 15.0 Å². The van der Waals surface area contributed by atoms with Crippen LogP contribution in [0.4, 0.5) is 0 Å². The molecule has 2 aromatic rings. The number of nitrogens with zero attached hydrogens (tertiary/aromatic N) is 4. The minimum Gasteiger partial charge on any atom is -0.473 e. The zero-order chi connectivity index (χ0) is 18.5. The molecule has 0 N–H and O–H groups in total. The lowest BCUT2D eigenvalue weighted by atomic mass is 10.1. The lowest BCUT2D eigenvalue weighted by Gasteiger charge is -2.32. The first-order chi connectivity index (χ1) is 13.3. The highest BCUT2D eigenvalue weighted by Crippen LogP contribution is 2.20. The number of carbonyl (C=O) groups is 1. The van der Waals surface area contributed by atoms with Crippen molar-refractivity contribution >= 4 is 5.91 Å². The van der Waals surface area contributed by atoms with E-state index in [9.17, 15) is 4.79 Å². The number of pyridine rings is 1. The normalized spacial score (nSPS) is 20.4. The second-order valence-electron chi connectivity index (χ2n) is 6.64. The lowest BCUT2D eigenvalue weighted by Crippen LogP contribution is -2.41. The molecule has 1 amide bonds. The first kappa shape index (κ1) is 17.7. The average Bonchev–Trinajstić information content (AvgIpc) is 3.22. The van der Waals surface area contributed by atoms with Crippen LogP contribution in [0.15, 0.2) is 36.9 Å². The minimum atomic E-state index is -0.0112. The topological polar surface area (TPSA) is 86.7 Å². The zero-order valence-electron chi connectivity index (χ0n) is 15.0. The molecule has 2 fully saturated rings. The Bertz CT molecular complexity index is 759. The summed E-state index contributed by atoms with van der Waals surface area (Å²) in [6, 6.07) is 3.44. The molecule has 0 bridgehead atoms. The van der Waals surface area contributed by atoms with E-state index < -0.39 is 0 Å². The van der Waals surface area contributed by atoms with Gasteiger partial charge in [-0.2, -0.15) is 0 Å². The van der Waals surface area contributed by atoms with Crippen molar-refractivity contribution in [2.45, 2.75) is 31.5 Å². The second-order valence-corrected chi connectivity index (χ2v) is 6.64. The SMILES string of the molecule is O=C(c1ccnc(OC2CCOC2)c1)N1CCC(Oc2cnccn2)CC1. The molecule has 1 atom stereocenters. The van der Waals surface area contributed by atoms with Crippen molar-refractivity contribution in [1.29, 1.82) is 0 Å². The van der Waals surface area contributed by atoms with Gasteiger partial charge in [-0.15, -0.1) is 0 Å². The van der Waals surface area contributed by atoms with Crippen molar-refractivity contribution in [3.8, 4) is 11.8 Å². The van der Waals surface area contributed by atoms with E-state index in [0.29, 0.717) is 43.6 Å². The number of piperidine rings is 1. The summed E-state index contributed by atoms with van der Waals surface area (Å²) in [6.07, 6.45) is 8.86. The van der Waals surface area contributed by atoms with Crippen molar-refractivity contribution in [1.82, 2.24) is 19.9 Å². The maximum atomic E-state index is 12.8. The fourth-order valence-electron chi connectivity index (χ4n) is 3.26. The molecule has 0 aliphatic carbocycles. The van der Waals surface area contributed by atoms with E-state index in [1.165, 1.54) is 0 Å². The van der Waals surface area contributed by atoms with E-state index >= 15 is 0 Å². The molecule has 2 aromatic heterocycles. The van der Waals surface area contributed by atoms with Crippen molar-refractivity contribution in [3.05, 3.63) is 42.5 Å². The molecule has 4 heterocycles. The van der Waals surface area contributed by atoms with E-state index in [1.54, 1.807) is 36.9 Å². The smallest absolute Gasteiger partial charge is 0.254 e. The number of aromatic nitrogens is 3. The Kier molecular flexibility index (Phi) is 5.43. The highest BCUT2D eigenvalue weighted by Gasteiger charge is 2.26. The first-order valence-corrected chi connectivity index (χ1v) is 9.20. The van der Waals surface area contributed by atoms with Gasteiger partial charge in [-0.05, 0) is 6.07 Å². The summed E-state index contributed by atoms with van der Waals surface area (Å²) < 4.78 is 16.9. The predicted octanol–water partition coefficient (Wildman–Crippen LogP) is 1.72. The summed E-state index contributed by atoms with van der Waals surface area (Å²) in [5.74, 6) is 0.981. The van der Waals surface area contributed by atoms with Crippen LogP contribution in [0.5, 0.6) is 11.8 Å². The number of ether oxygens (including phenoxy) is 3. The van der Waals surface area contributed by atoms with Gasteiger partial charge >= 0.3 is 0 Å². The number of rotatable bonds is 5. The molecule has 0 spiro atoms. The Labute approximate surface area is 157 Å². The van der Waals surface area contributed by atoms with Gasteiger partial charge in [0.2, 0.25) is 11.8 Å². The van der Waals surface area contributed by atoms with Gasteiger partial charge in [0.05, 0.1) is 19.4 Å². The molecule has 4 rings (SSSR count). The van der Waals surface area contributed by atoms with Crippen molar-refractivity contribution in [2.24, 2.45) is 0 Å². The largest absolute Gasteiger partial charge is 0.473 e. The lowest BCUT2D eigenvalue weighted by molar-refractivity contribution is 0.0586. The third kappa shape index (κ3) is 4.51. The van der Waals surface area contributed by atoms with Gasteiger partial charge in [0.25, 0.3) is 5.91 Å². The average molecular weight is 370 g/mol. The molecule has 2 saturated heterocycles. The maximum absolute atomic E-state index is 12.8. The summed E-state index contributed by atoms with van der Waals surface area (Å²) in [7, 11) is 0. The number of hydrogen-bond donors (Lipinski definition) is 0. The Hall–Kier alpha value is -2.74.